The van der Waals surface area contributed by atoms with Crippen LogP contribution < -0.4 is 5.32 Å². The number of aliphatic hydroxyl groups excluding tert-OH is 2. The molecule has 3 aromatic carbocycles. The number of carboxylic acids is 1. The summed E-state index contributed by atoms with van der Waals surface area (Å²) in [5, 5.41) is 61.9. The lowest BCUT2D eigenvalue weighted by Gasteiger charge is -2.66. The van der Waals surface area contributed by atoms with Gasteiger partial charge in [0.25, 0.3) is 5.91 Å². The van der Waals surface area contributed by atoms with E-state index >= 15 is 0 Å². The highest BCUT2D eigenvalue weighted by atomic mass is 16.6. The number of hydrogen-bond donors (Lipinski definition) is 6. The predicted molar refractivity (Wildman–Crippen MR) is 219 cm³/mol. The minimum Gasteiger partial charge on any atom is -0.481 e. The van der Waals surface area contributed by atoms with Crippen molar-refractivity contribution in [3.63, 3.8) is 0 Å². The van der Waals surface area contributed by atoms with Gasteiger partial charge in [-0.1, -0.05) is 80.6 Å². The van der Waals surface area contributed by atoms with E-state index in [9.17, 15) is 54.3 Å². The van der Waals surface area contributed by atoms with Crippen LogP contribution in [0.25, 0.3) is 0 Å². The van der Waals surface area contributed by atoms with Gasteiger partial charge in [-0.25, -0.2) is 9.59 Å². The summed E-state index contributed by atoms with van der Waals surface area (Å²) in [7, 11) is 0. The van der Waals surface area contributed by atoms with Crippen LogP contribution in [-0.2, 0) is 38.1 Å². The normalized spacial score (nSPS) is 31.6. The van der Waals surface area contributed by atoms with Crippen molar-refractivity contribution in [2.75, 3.05) is 6.61 Å². The summed E-state index contributed by atoms with van der Waals surface area (Å²) in [5.41, 5.74) is -7.58. The average Bonchev–Trinajstić information content (AvgIpc) is 3.26. The molecule has 3 fully saturated rings. The van der Waals surface area contributed by atoms with Crippen molar-refractivity contribution >= 4 is 35.6 Å². The van der Waals surface area contributed by atoms with E-state index in [2.05, 4.69) is 5.32 Å². The third kappa shape index (κ3) is 7.84. The van der Waals surface area contributed by atoms with Crippen LogP contribution in [-0.4, -0.2) is 116 Å². The predicted octanol–water partition coefficient (Wildman–Crippen LogP) is 3.01. The summed E-state index contributed by atoms with van der Waals surface area (Å²) in [6.07, 6.45) is -12.2. The third-order valence-electron chi connectivity index (χ3n) is 13.7. The lowest BCUT2D eigenvalue weighted by Crippen LogP contribution is -2.81. The first kappa shape index (κ1) is 45.3. The highest BCUT2D eigenvalue weighted by Gasteiger charge is 2.76. The Morgan fingerprint density at radius 2 is 1.43 bits per heavy atom. The highest BCUT2D eigenvalue weighted by Crippen LogP contribution is 2.63. The van der Waals surface area contributed by atoms with Crippen LogP contribution in [0.2, 0.25) is 0 Å². The Morgan fingerprint density at radius 3 is 2.00 bits per heavy atom. The molecule has 1 amide bonds. The fraction of sp³-hybridized carbons (Fsp3) is 0.447. The lowest BCUT2D eigenvalue weighted by molar-refractivity contribution is -0.343. The number of Topliss-reactive ketones (excluding diaryl/α,β-unsaturated/α-hetero) is 1. The van der Waals surface area contributed by atoms with Crippen molar-refractivity contribution in [3.8, 4) is 0 Å². The Kier molecular flexibility index (Phi) is 12.3. The maximum Gasteiger partial charge on any atom is 0.350 e. The van der Waals surface area contributed by atoms with Crippen LogP contribution in [0.3, 0.4) is 0 Å². The van der Waals surface area contributed by atoms with Gasteiger partial charge < -0.3 is 49.8 Å². The van der Waals surface area contributed by atoms with E-state index in [0.717, 1.165) is 0 Å². The van der Waals surface area contributed by atoms with E-state index in [1.165, 1.54) is 52.0 Å². The van der Waals surface area contributed by atoms with Gasteiger partial charge in [0.15, 0.2) is 5.78 Å². The van der Waals surface area contributed by atoms with Crippen molar-refractivity contribution in [2.24, 2.45) is 16.7 Å². The highest BCUT2D eigenvalue weighted by molar-refractivity contribution is 5.96. The van der Waals surface area contributed by atoms with Crippen LogP contribution >= 0.6 is 0 Å². The second kappa shape index (κ2) is 17.1. The topological polar surface area (TPSA) is 253 Å². The molecular formula is C47H51NO15. The molecule has 2 saturated carbocycles. The number of rotatable bonds is 12. The number of carbonyl (C=O) groups is 6. The Bertz CT molecular complexity index is 2300. The molecule has 11 atom stereocenters. The first-order valence-electron chi connectivity index (χ1n) is 20.7. The van der Waals surface area contributed by atoms with Gasteiger partial charge in [0.1, 0.15) is 35.6 Å². The molecule has 7 rings (SSSR count). The number of benzene rings is 3. The smallest absolute Gasteiger partial charge is 0.350 e. The first-order chi connectivity index (χ1) is 29.7. The van der Waals surface area contributed by atoms with Gasteiger partial charge in [0, 0.05) is 29.7 Å². The quantitative estimate of drug-likeness (QED) is 0.0870. The zero-order valence-electron chi connectivity index (χ0n) is 35.1. The molecule has 1 heterocycles. The van der Waals surface area contributed by atoms with Crippen LogP contribution in [0.4, 0.5) is 0 Å². The second-order valence-electron chi connectivity index (χ2n) is 17.6. The summed E-state index contributed by atoms with van der Waals surface area (Å²) >= 11 is 0. The molecule has 16 heteroatoms. The molecule has 0 spiro atoms. The number of aliphatic hydroxyl groups is 4. The molecule has 63 heavy (non-hydrogen) atoms. The third-order valence-corrected chi connectivity index (χ3v) is 13.7. The fourth-order valence-corrected chi connectivity index (χ4v) is 10.1. The van der Waals surface area contributed by atoms with Gasteiger partial charge in [-0.15, -0.1) is 0 Å². The van der Waals surface area contributed by atoms with Crippen molar-refractivity contribution in [3.05, 3.63) is 119 Å². The van der Waals surface area contributed by atoms with Crippen molar-refractivity contribution in [2.45, 2.75) is 107 Å². The molecule has 3 aliphatic carbocycles. The van der Waals surface area contributed by atoms with E-state index in [1.807, 2.05) is 0 Å². The Labute approximate surface area is 362 Å². The maximum absolute atomic E-state index is 14.9. The van der Waals surface area contributed by atoms with E-state index in [4.69, 9.17) is 18.9 Å². The SMILES string of the molecule is CC1=C2[C@@H](O)C(=O)C3(C)[C@H](O)C[C@H]4OC[C@@]4(O)[C@H]3[C@H](OC(=O)c3ccccc3)[C@](O)(C[C@@H]1OC(=O)[C@H](OC(=O)CCC(=O)O)[C@@H](NC(=O)c1ccccc1)c1ccccc1)C2(C)C. The molecule has 1 saturated heterocycles. The molecule has 2 bridgehead atoms. The lowest BCUT2D eigenvalue weighted by atomic mass is 9.44. The largest absolute Gasteiger partial charge is 0.481 e. The summed E-state index contributed by atoms with van der Waals surface area (Å²) in [5.74, 6) is -7.87. The number of ketones is 1. The number of fused-ring (bicyclic) bond motifs is 5. The number of esters is 3. The van der Waals surface area contributed by atoms with Gasteiger partial charge in [0.05, 0.1) is 42.6 Å². The molecule has 4 aliphatic rings. The van der Waals surface area contributed by atoms with Crippen molar-refractivity contribution < 1.29 is 73.2 Å². The number of amides is 1. The average molecular weight is 870 g/mol. The van der Waals surface area contributed by atoms with Crippen LogP contribution in [0.15, 0.2) is 102 Å². The summed E-state index contributed by atoms with van der Waals surface area (Å²) in [4.78, 5) is 82.2. The zero-order chi connectivity index (χ0) is 45.6. The number of ether oxygens (including phenoxy) is 4. The van der Waals surface area contributed by atoms with E-state index in [-0.39, 0.29) is 40.9 Å². The van der Waals surface area contributed by atoms with E-state index in [0.29, 0.717) is 0 Å². The van der Waals surface area contributed by atoms with E-state index in [1.54, 1.807) is 66.7 Å². The van der Waals surface area contributed by atoms with Gasteiger partial charge in [-0.2, -0.15) is 0 Å². The first-order valence-corrected chi connectivity index (χ1v) is 20.7. The summed E-state index contributed by atoms with van der Waals surface area (Å²) in [6.45, 7) is 5.49. The molecule has 6 N–H and O–H groups in total. The number of hydrogen-bond acceptors (Lipinski definition) is 14. The number of carboxylic acid groups (broad SMARTS) is 1. The molecule has 0 radical (unpaired) electrons. The summed E-state index contributed by atoms with van der Waals surface area (Å²) < 4.78 is 23.8. The summed E-state index contributed by atoms with van der Waals surface area (Å²) in [6, 6.07) is 22.3. The maximum atomic E-state index is 14.9. The monoisotopic (exact) mass is 869 g/mol. The minimum absolute atomic E-state index is 0.0570. The second-order valence-corrected chi connectivity index (χ2v) is 17.6. The van der Waals surface area contributed by atoms with Gasteiger partial charge >= 0.3 is 23.9 Å². The van der Waals surface area contributed by atoms with Crippen LogP contribution in [0, 0.1) is 16.7 Å². The molecule has 1 unspecified atom stereocenters. The number of nitrogens with one attached hydrogen (secondary N) is 1. The van der Waals surface area contributed by atoms with Gasteiger partial charge in [-0.05, 0) is 54.8 Å². The van der Waals surface area contributed by atoms with Gasteiger partial charge in [0.2, 0.25) is 6.10 Å². The van der Waals surface area contributed by atoms with Crippen molar-refractivity contribution in [1.29, 1.82) is 0 Å². The Morgan fingerprint density at radius 1 is 0.841 bits per heavy atom. The molecule has 16 nitrogen and oxygen atoms in total. The Balaban J connectivity index is 1.35. The molecular weight excluding hydrogens is 819 g/mol. The fourth-order valence-electron chi connectivity index (χ4n) is 10.1. The number of aliphatic carboxylic acids is 1. The Hall–Kier alpha value is -5.78. The molecule has 1 aliphatic heterocycles. The zero-order valence-corrected chi connectivity index (χ0v) is 35.1. The van der Waals surface area contributed by atoms with Crippen LogP contribution in [0.1, 0.15) is 85.7 Å². The van der Waals surface area contributed by atoms with Gasteiger partial charge in [-0.3, -0.25) is 19.2 Å². The van der Waals surface area contributed by atoms with Crippen LogP contribution in [0.5, 0.6) is 0 Å². The standard InChI is InChI=1S/C47H51NO15/c1-25-29(61-43(57)37(62-33(52)21-20-32(50)51)35(26-14-8-5-9-15-26)48-41(55)27-16-10-6-11-17-27)23-47(59)40(63-42(56)28-18-12-7-13-19-28)38-45(4,30(49)22-31-46(38,58)24-60-31)39(54)36(53)34(25)44(47,2)3/h5-19,29-31,35-38,40,49,53,58-59H,20-24H2,1-4H3,(H,48,55)(H,50,51)/t29-,30+,31+,35-,36+,37+,38-,40-,45?,46-,47+/m0/s1. The van der Waals surface area contributed by atoms with E-state index < -0.39 is 125 Å². The van der Waals surface area contributed by atoms with Crippen molar-refractivity contribution in [1.82, 2.24) is 5.32 Å². The number of carbonyl (C=O) groups excluding carboxylic acids is 5. The molecule has 3 aromatic rings. The minimum atomic E-state index is -2.41. The molecule has 334 valence electrons. The molecule has 0 aromatic heterocycles.